The number of fused-ring (bicyclic) bond motifs is 3. The molecule has 2 heterocycles. The first kappa shape index (κ1) is 35.9. The van der Waals surface area contributed by atoms with Crippen molar-refractivity contribution in [3.8, 4) is 84.4 Å². The molecular weight excluding hydrogens is 741 g/mol. The van der Waals surface area contributed by atoms with Crippen LogP contribution in [0.4, 0.5) is 0 Å². The van der Waals surface area contributed by atoms with Gasteiger partial charge in [-0.1, -0.05) is 200 Å². The van der Waals surface area contributed by atoms with E-state index in [-0.39, 0.29) is 0 Å². The predicted molar refractivity (Wildman–Crippen MR) is 252 cm³/mol. The van der Waals surface area contributed by atoms with Gasteiger partial charge in [0.15, 0.2) is 17.5 Å². The van der Waals surface area contributed by atoms with Gasteiger partial charge in [0.2, 0.25) is 0 Å². The number of aromatic nitrogens is 4. The summed E-state index contributed by atoms with van der Waals surface area (Å²) in [6, 6.07) is 81.3. The normalized spacial score (nSPS) is 11.3. The molecule has 286 valence electrons. The van der Waals surface area contributed by atoms with Crippen LogP contribution in [0.3, 0.4) is 0 Å². The third-order valence-corrected chi connectivity index (χ3v) is 11.5. The molecule has 4 nitrogen and oxygen atoms in total. The van der Waals surface area contributed by atoms with Gasteiger partial charge in [0.05, 0.1) is 11.0 Å². The molecule has 4 heteroatoms. The Bertz CT molecular complexity index is 3190. The van der Waals surface area contributed by atoms with E-state index in [0.29, 0.717) is 17.5 Å². The standard InChI is InChI=1S/C57H38N4/c1-3-12-45(13-4-1)55-58-56(46-14-5-2-6-15-46)60-57(59-55)47-32-30-41(31-33-47)39-22-26-43(27-23-39)48-16-11-17-49(38-48)44-28-24-40(25-29-44)42-34-36-50(37-35-42)61-53-20-9-7-18-51(53)52-19-8-10-21-54(52)61/h1-38H. The lowest BCUT2D eigenvalue weighted by atomic mass is 9.96. The van der Waals surface area contributed by atoms with Gasteiger partial charge in [0, 0.05) is 33.2 Å². The zero-order chi connectivity index (χ0) is 40.5. The number of hydrogen-bond acceptors (Lipinski definition) is 3. The van der Waals surface area contributed by atoms with Crippen LogP contribution >= 0.6 is 0 Å². The Morgan fingerprint density at radius 1 is 0.230 bits per heavy atom. The quantitative estimate of drug-likeness (QED) is 0.154. The number of hydrogen-bond donors (Lipinski definition) is 0. The molecule has 0 radical (unpaired) electrons. The predicted octanol–water partition coefficient (Wildman–Crippen LogP) is 14.6. The number of benzene rings is 9. The van der Waals surface area contributed by atoms with Crippen molar-refractivity contribution in [1.82, 2.24) is 19.5 Å². The van der Waals surface area contributed by atoms with E-state index in [9.17, 15) is 0 Å². The minimum absolute atomic E-state index is 0.647. The minimum atomic E-state index is 0.647. The summed E-state index contributed by atoms with van der Waals surface area (Å²) in [5.41, 5.74) is 15.9. The van der Waals surface area contributed by atoms with Crippen molar-refractivity contribution in [2.45, 2.75) is 0 Å². The Labute approximate surface area is 354 Å². The van der Waals surface area contributed by atoms with Crippen LogP contribution in [0.1, 0.15) is 0 Å². The van der Waals surface area contributed by atoms with Crippen LogP contribution < -0.4 is 0 Å². The van der Waals surface area contributed by atoms with Gasteiger partial charge in [-0.25, -0.2) is 15.0 Å². The second kappa shape index (κ2) is 15.5. The molecule has 0 atom stereocenters. The molecule has 0 saturated carbocycles. The van der Waals surface area contributed by atoms with E-state index in [1.165, 1.54) is 55.2 Å². The third kappa shape index (κ3) is 6.96. The summed E-state index contributed by atoms with van der Waals surface area (Å²) in [6.07, 6.45) is 0. The molecule has 9 aromatic carbocycles. The van der Waals surface area contributed by atoms with Crippen LogP contribution in [0.2, 0.25) is 0 Å². The second-order valence-electron chi connectivity index (χ2n) is 15.3. The SMILES string of the molecule is c1ccc(-c2nc(-c3ccccc3)nc(-c3ccc(-c4ccc(-c5cccc(-c6ccc(-c7ccc(-n8c9ccccc9c9ccccc98)cc7)cc6)c5)cc4)cc3)n2)cc1. The van der Waals surface area contributed by atoms with Gasteiger partial charge >= 0.3 is 0 Å². The molecule has 0 unspecified atom stereocenters. The van der Waals surface area contributed by atoms with Crippen molar-refractivity contribution in [3.05, 3.63) is 231 Å². The Balaban J connectivity index is 0.810. The lowest BCUT2D eigenvalue weighted by Crippen LogP contribution is -2.00. The molecule has 0 N–H and O–H groups in total. The summed E-state index contributed by atoms with van der Waals surface area (Å²) in [5, 5.41) is 2.55. The van der Waals surface area contributed by atoms with Crippen molar-refractivity contribution >= 4 is 21.8 Å². The van der Waals surface area contributed by atoms with Crippen LogP contribution in [0.15, 0.2) is 231 Å². The summed E-state index contributed by atoms with van der Waals surface area (Å²) < 4.78 is 2.36. The highest BCUT2D eigenvalue weighted by molar-refractivity contribution is 6.09. The average Bonchev–Trinajstić information content (AvgIpc) is 3.69. The largest absolute Gasteiger partial charge is 0.309 e. The highest BCUT2D eigenvalue weighted by Gasteiger charge is 2.14. The van der Waals surface area contributed by atoms with Crippen molar-refractivity contribution in [2.24, 2.45) is 0 Å². The molecule has 0 aliphatic rings. The van der Waals surface area contributed by atoms with E-state index in [1.807, 2.05) is 60.7 Å². The van der Waals surface area contributed by atoms with Gasteiger partial charge in [0.25, 0.3) is 0 Å². The molecule has 0 aliphatic carbocycles. The first-order valence-corrected chi connectivity index (χ1v) is 20.6. The maximum atomic E-state index is 4.90. The van der Waals surface area contributed by atoms with E-state index in [4.69, 9.17) is 15.0 Å². The number of nitrogens with zero attached hydrogens (tertiary/aromatic N) is 4. The molecule has 0 fully saturated rings. The lowest BCUT2D eigenvalue weighted by Gasteiger charge is -2.11. The highest BCUT2D eigenvalue weighted by atomic mass is 15.0. The van der Waals surface area contributed by atoms with E-state index in [2.05, 4.69) is 174 Å². The van der Waals surface area contributed by atoms with Crippen molar-refractivity contribution in [3.63, 3.8) is 0 Å². The van der Waals surface area contributed by atoms with Gasteiger partial charge in [-0.2, -0.15) is 0 Å². The summed E-state index contributed by atoms with van der Waals surface area (Å²) in [6.45, 7) is 0. The Morgan fingerprint density at radius 2 is 0.525 bits per heavy atom. The summed E-state index contributed by atoms with van der Waals surface area (Å²) >= 11 is 0. The molecule has 0 bridgehead atoms. The van der Waals surface area contributed by atoms with E-state index >= 15 is 0 Å². The fourth-order valence-corrected chi connectivity index (χ4v) is 8.34. The number of para-hydroxylation sites is 2. The smallest absolute Gasteiger partial charge is 0.164 e. The maximum absolute atomic E-state index is 4.90. The van der Waals surface area contributed by atoms with E-state index in [0.717, 1.165) is 33.5 Å². The van der Waals surface area contributed by atoms with Crippen LogP contribution in [-0.2, 0) is 0 Å². The highest BCUT2D eigenvalue weighted by Crippen LogP contribution is 2.34. The van der Waals surface area contributed by atoms with Gasteiger partial charge in [-0.3, -0.25) is 0 Å². The fraction of sp³-hybridized carbons (Fsp3) is 0. The van der Waals surface area contributed by atoms with Crippen LogP contribution in [0.25, 0.3) is 106 Å². The second-order valence-corrected chi connectivity index (χ2v) is 15.3. The summed E-state index contributed by atoms with van der Waals surface area (Å²) in [4.78, 5) is 14.6. The molecule has 11 rings (SSSR count). The van der Waals surface area contributed by atoms with Crippen molar-refractivity contribution in [1.29, 1.82) is 0 Å². The zero-order valence-electron chi connectivity index (χ0n) is 33.2. The van der Waals surface area contributed by atoms with Crippen LogP contribution in [0.5, 0.6) is 0 Å². The molecule has 0 spiro atoms. The molecular formula is C57H38N4. The van der Waals surface area contributed by atoms with Gasteiger partial charge in [-0.15, -0.1) is 0 Å². The van der Waals surface area contributed by atoms with Crippen LogP contribution in [0, 0.1) is 0 Å². The summed E-state index contributed by atoms with van der Waals surface area (Å²) in [7, 11) is 0. The van der Waals surface area contributed by atoms with Crippen molar-refractivity contribution in [2.75, 3.05) is 0 Å². The fourth-order valence-electron chi connectivity index (χ4n) is 8.34. The topological polar surface area (TPSA) is 43.6 Å². The Hall–Kier alpha value is -8.21. The molecule has 0 aliphatic heterocycles. The average molecular weight is 779 g/mol. The first-order chi connectivity index (χ1) is 30.2. The first-order valence-electron chi connectivity index (χ1n) is 20.6. The molecule has 2 aromatic heterocycles. The molecule has 0 amide bonds. The van der Waals surface area contributed by atoms with E-state index in [1.54, 1.807) is 0 Å². The number of rotatable bonds is 8. The van der Waals surface area contributed by atoms with Gasteiger partial charge in [-0.05, 0) is 74.8 Å². The monoisotopic (exact) mass is 778 g/mol. The summed E-state index contributed by atoms with van der Waals surface area (Å²) in [5.74, 6) is 1.96. The molecule has 11 aromatic rings. The van der Waals surface area contributed by atoms with Gasteiger partial charge in [0.1, 0.15) is 0 Å². The third-order valence-electron chi connectivity index (χ3n) is 11.5. The van der Waals surface area contributed by atoms with Crippen molar-refractivity contribution < 1.29 is 0 Å². The van der Waals surface area contributed by atoms with Gasteiger partial charge < -0.3 is 4.57 Å². The van der Waals surface area contributed by atoms with E-state index < -0.39 is 0 Å². The zero-order valence-corrected chi connectivity index (χ0v) is 33.2. The van der Waals surface area contributed by atoms with Crippen LogP contribution in [-0.4, -0.2) is 19.5 Å². The Morgan fingerprint density at radius 3 is 0.934 bits per heavy atom. The lowest BCUT2D eigenvalue weighted by molar-refractivity contribution is 1.07. The minimum Gasteiger partial charge on any atom is -0.309 e. The Kier molecular flexibility index (Phi) is 9.14. The maximum Gasteiger partial charge on any atom is 0.164 e. The molecule has 0 saturated heterocycles. The molecule has 61 heavy (non-hydrogen) atoms.